The second-order valence-electron chi connectivity index (χ2n) is 8.76. The van der Waals surface area contributed by atoms with Crippen molar-refractivity contribution < 1.29 is 9.47 Å². The van der Waals surface area contributed by atoms with Crippen molar-refractivity contribution in [1.29, 1.82) is 0 Å². The molecule has 2 heteroatoms. The molecule has 1 fully saturated rings. The summed E-state index contributed by atoms with van der Waals surface area (Å²) in [7, 11) is 0. The van der Waals surface area contributed by atoms with Crippen molar-refractivity contribution in [2.45, 2.75) is 77.1 Å². The van der Waals surface area contributed by atoms with E-state index < -0.39 is 0 Å². The van der Waals surface area contributed by atoms with E-state index in [0.29, 0.717) is 11.8 Å². The van der Waals surface area contributed by atoms with Gasteiger partial charge in [-0.15, -0.1) is 0 Å². The van der Waals surface area contributed by atoms with Gasteiger partial charge in [-0.3, -0.25) is 0 Å². The summed E-state index contributed by atoms with van der Waals surface area (Å²) in [5.74, 6) is 2.08. The van der Waals surface area contributed by atoms with Gasteiger partial charge in [0.1, 0.15) is 11.4 Å². The molecule has 3 aliphatic rings. The summed E-state index contributed by atoms with van der Waals surface area (Å²) in [5, 5.41) is 0. The molecule has 24 heavy (non-hydrogen) atoms. The number of benzene rings is 1. The first-order valence-corrected chi connectivity index (χ1v) is 9.50. The van der Waals surface area contributed by atoms with E-state index in [2.05, 4.69) is 58.0 Å². The minimum atomic E-state index is -0.163. The van der Waals surface area contributed by atoms with Crippen LogP contribution in [0, 0.1) is 11.8 Å². The van der Waals surface area contributed by atoms with Gasteiger partial charge in [-0.05, 0) is 71.8 Å². The highest BCUT2D eigenvalue weighted by molar-refractivity contribution is 5.39. The number of rotatable bonds is 1. The van der Waals surface area contributed by atoms with E-state index >= 15 is 0 Å². The molecule has 2 nitrogen and oxygen atoms in total. The van der Waals surface area contributed by atoms with Crippen LogP contribution in [0.1, 0.15) is 71.5 Å². The van der Waals surface area contributed by atoms with Crippen molar-refractivity contribution in [3.63, 3.8) is 0 Å². The second kappa shape index (κ2) is 5.62. The zero-order valence-electron chi connectivity index (χ0n) is 15.5. The minimum Gasteiger partial charge on any atom is -0.487 e. The Bertz CT molecular complexity index is 660. The fourth-order valence-corrected chi connectivity index (χ4v) is 5.00. The SMILES string of the molecule is CC1=CCC(C2(C)CCC3C(O2)c2ccccc2OC3(C)C)CC1. The summed E-state index contributed by atoms with van der Waals surface area (Å²) in [6.45, 7) is 9.06. The normalized spacial score (nSPS) is 37.7. The molecule has 1 aromatic carbocycles. The summed E-state index contributed by atoms with van der Waals surface area (Å²) in [4.78, 5) is 0. The highest BCUT2D eigenvalue weighted by atomic mass is 16.5. The second-order valence-corrected chi connectivity index (χ2v) is 8.76. The van der Waals surface area contributed by atoms with Gasteiger partial charge in [-0.1, -0.05) is 29.8 Å². The predicted octanol–water partition coefficient (Wildman–Crippen LogP) is 5.83. The summed E-state index contributed by atoms with van der Waals surface area (Å²) in [5.41, 5.74) is 2.61. The first kappa shape index (κ1) is 16.2. The maximum absolute atomic E-state index is 6.91. The number of hydrogen-bond acceptors (Lipinski definition) is 2. The third kappa shape index (κ3) is 2.60. The fraction of sp³-hybridized carbons (Fsp3) is 0.636. The van der Waals surface area contributed by atoms with Gasteiger partial charge in [0, 0.05) is 11.5 Å². The summed E-state index contributed by atoms with van der Waals surface area (Å²) in [6.07, 6.45) is 8.57. The van der Waals surface area contributed by atoms with Crippen LogP contribution in [0.15, 0.2) is 35.9 Å². The molecule has 0 N–H and O–H groups in total. The van der Waals surface area contributed by atoms with E-state index in [1.54, 1.807) is 5.57 Å². The van der Waals surface area contributed by atoms with Gasteiger partial charge < -0.3 is 9.47 Å². The van der Waals surface area contributed by atoms with Gasteiger partial charge in [0.25, 0.3) is 0 Å². The van der Waals surface area contributed by atoms with Gasteiger partial charge in [0.2, 0.25) is 0 Å². The molecule has 2 aliphatic heterocycles. The fourth-order valence-electron chi connectivity index (χ4n) is 5.00. The molecule has 4 unspecified atom stereocenters. The van der Waals surface area contributed by atoms with Gasteiger partial charge >= 0.3 is 0 Å². The molecule has 1 aliphatic carbocycles. The third-order valence-corrected chi connectivity index (χ3v) is 6.71. The molecule has 0 amide bonds. The topological polar surface area (TPSA) is 18.5 Å². The lowest BCUT2D eigenvalue weighted by atomic mass is 9.68. The van der Waals surface area contributed by atoms with Crippen LogP contribution < -0.4 is 4.74 Å². The Balaban J connectivity index is 1.65. The Labute approximate surface area is 146 Å². The van der Waals surface area contributed by atoms with E-state index in [1.165, 1.54) is 31.2 Å². The van der Waals surface area contributed by atoms with E-state index in [0.717, 1.165) is 12.2 Å². The van der Waals surface area contributed by atoms with E-state index in [-0.39, 0.29) is 17.3 Å². The largest absolute Gasteiger partial charge is 0.487 e. The van der Waals surface area contributed by atoms with Crippen LogP contribution in [0.2, 0.25) is 0 Å². The van der Waals surface area contributed by atoms with E-state index in [4.69, 9.17) is 9.47 Å². The average molecular weight is 326 g/mol. The molecule has 0 bridgehead atoms. The lowest BCUT2D eigenvalue weighted by molar-refractivity contribution is -0.210. The van der Waals surface area contributed by atoms with Gasteiger partial charge in [0.05, 0.1) is 11.7 Å². The molecule has 0 saturated carbocycles. The number of ether oxygens (including phenoxy) is 2. The number of hydrogen-bond donors (Lipinski definition) is 0. The first-order valence-electron chi connectivity index (χ1n) is 9.50. The summed E-state index contributed by atoms with van der Waals surface area (Å²) < 4.78 is 13.2. The minimum absolute atomic E-state index is 0.0150. The Hall–Kier alpha value is -1.28. The summed E-state index contributed by atoms with van der Waals surface area (Å²) in [6, 6.07) is 8.46. The summed E-state index contributed by atoms with van der Waals surface area (Å²) >= 11 is 0. The third-order valence-electron chi connectivity index (χ3n) is 6.71. The number of fused-ring (bicyclic) bond motifs is 3. The first-order chi connectivity index (χ1) is 11.4. The Kier molecular flexibility index (Phi) is 3.80. The molecule has 1 saturated heterocycles. The standard InChI is InChI=1S/C22H30O2/c1-15-9-11-16(12-10-15)22(4)14-13-18-20(24-22)17-7-5-6-8-19(17)23-21(18,2)3/h5-9,16,18,20H,10-14H2,1-4H3. The molecule has 0 spiro atoms. The van der Waals surface area contributed by atoms with Gasteiger partial charge in [-0.2, -0.15) is 0 Å². The van der Waals surface area contributed by atoms with Crippen molar-refractivity contribution in [3.8, 4) is 5.75 Å². The quantitative estimate of drug-likeness (QED) is 0.604. The van der Waals surface area contributed by atoms with Crippen molar-refractivity contribution in [1.82, 2.24) is 0 Å². The Morgan fingerprint density at radius 3 is 2.62 bits per heavy atom. The zero-order chi connectivity index (χ0) is 16.9. The van der Waals surface area contributed by atoms with Crippen molar-refractivity contribution in [2.75, 3.05) is 0 Å². The van der Waals surface area contributed by atoms with Crippen LogP contribution in [-0.4, -0.2) is 11.2 Å². The lowest BCUT2D eigenvalue weighted by Gasteiger charge is -2.54. The van der Waals surface area contributed by atoms with E-state index in [9.17, 15) is 0 Å². The van der Waals surface area contributed by atoms with Crippen LogP contribution in [0.25, 0.3) is 0 Å². The molecule has 2 heterocycles. The molecular weight excluding hydrogens is 296 g/mol. The molecule has 4 atom stereocenters. The Morgan fingerprint density at radius 1 is 1.08 bits per heavy atom. The smallest absolute Gasteiger partial charge is 0.125 e. The van der Waals surface area contributed by atoms with Gasteiger partial charge in [0.15, 0.2) is 0 Å². The van der Waals surface area contributed by atoms with Gasteiger partial charge in [-0.25, -0.2) is 0 Å². The van der Waals surface area contributed by atoms with Crippen LogP contribution in [0.3, 0.4) is 0 Å². The molecule has 1 aromatic rings. The monoisotopic (exact) mass is 326 g/mol. The van der Waals surface area contributed by atoms with Crippen LogP contribution in [0.5, 0.6) is 5.75 Å². The van der Waals surface area contributed by atoms with E-state index in [1.807, 2.05) is 0 Å². The molecular formula is C22H30O2. The molecule has 130 valence electrons. The zero-order valence-corrected chi connectivity index (χ0v) is 15.5. The van der Waals surface area contributed by atoms with Crippen molar-refractivity contribution in [3.05, 3.63) is 41.5 Å². The van der Waals surface area contributed by atoms with Crippen LogP contribution in [0.4, 0.5) is 0 Å². The molecule has 0 radical (unpaired) electrons. The van der Waals surface area contributed by atoms with Crippen molar-refractivity contribution in [2.24, 2.45) is 11.8 Å². The maximum Gasteiger partial charge on any atom is 0.125 e. The van der Waals surface area contributed by atoms with Crippen LogP contribution in [-0.2, 0) is 4.74 Å². The lowest BCUT2D eigenvalue weighted by Crippen LogP contribution is -2.53. The highest BCUT2D eigenvalue weighted by Crippen LogP contribution is 2.55. The average Bonchev–Trinajstić information content (AvgIpc) is 2.54. The maximum atomic E-state index is 6.91. The highest BCUT2D eigenvalue weighted by Gasteiger charge is 2.52. The molecule has 4 rings (SSSR count). The number of para-hydroxylation sites is 1. The Morgan fingerprint density at radius 2 is 1.88 bits per heavy atom. The molecule has 0 aromatic heterocycles. The van der Waals surface area contributed by atoms with Crippen LogP contribution >= 0.6 is 0 Å². The number of allylic oxidation sites excluding steroid dienone is 2. The predicted molar refractivity (Wildman–Crippen MR) is 97.2 cm³/mol. The van der Waals surface area contributed by atoms with Crippen molar-refractivity contribution >= 4 is 0 Å².